The lowest BCUT2D eigenvalue weighted by Gasteiger charge is -2.14. The summed E-state index contributed by atoms with van der Waals surface area (Å²) >= 11 is 1.35. The van der Waals surface area contributed by atoms with E-state index in [1.165, 1.54) is 16.4 Å². The number of nitrogens with one attached hydrogen (secondary N) is 1. The molecule has 0 bridgehead atoms. The second-order valence-corrected chi connectivity index (χ2v) is 8.97. The summed E-state index contributed by atoms with van der Waals surface area (Å²) in [6.07, 6.45) is 0. The minimum Gasteiger partial charge on any atom is -0.485 e. The number of nitrogens with two attached hydrogens (primary N) is 1. The predicted molar refractivity (Wildman–Crippen MR) is 126 cm³/mol. The molecule has 0 saturated heterocycles. The zero-order chi connectivity index (χ0) is 22.8. The van der Waals surface area contributed by atoms with Crippen molar-refractivity contribution in [2.75, 3.05) is 5.84 Å². The van der Waals surface area contributed by atoms with E-state index in [4.69, 9.17) is 10.6 Å². The molecule has 0 unspecified atom stereocenters. The fourth-order valence-electron chi connectivity index (χ4n) is 3.44. The first-order valence-corrected chi connectivity index (χ1v) is 11.4. The maximum Gasteiger partial charge on any atom is 0.258 e. The van der Waals surface area contributed by atoms with Gasteiger partial charge < -0.3 is 15.6 Å². The molecule has 0 saturated carbocycles. The van der Waals surface area contributed by atoms with Gasteiger partial charge in [-0.2, -0.15) is 0 Å². The highest BCUT2D eigenvalue weighted by Crippen LogP contribution is 2.28. The fraction of sp³-hybridized carbons (Fsp3) is 0.304. The molecule has 0 amide bonds. The predicted octanol–water partition coefficient (Wildman–Crippen LogP) is 3.84. The first kappa shape index (κ1) is 21.9. The molecule has 9 heteroatoms. The Hall–Kier alpha value is -3.33. The Kier molecular flexibility index (Phi) is 6.18. The largest absolute Gasteiger partial charge is 0.485 e. The normalized spacial score (nSPS) is 11.4. The highest BCUT2D eigenvalue weighted by atomic mass is 32.2. The Bertz CT molecular complexity index is 1330. The van der Waals surface area contributed by atoms with Crippen molar-refractivity contribution in [1.29, 1.82) is 0 Å². The second kappa shape index (κ2) is 9.04. The Morgan fingerprint density at radius 2 is 2.00 bits per heavy atom. The van der Waals surface area contributed by atoms with Crippen LogP contribution in [-0.4, -0.2) is 24.8 Å². The van der Waals surface area contributed by atoms with Gasteiger partial charge in [-0.3, -0.25) is 4.79 Å². The van der Waals surface area contributed by atoms with E-state index in [2.05, 4.69) is 46.1 Å². The molecule has 2 aromatic carbocycles. The molecule has 2 aromatic heterocycles. The number of aryl methyl sites for hydroxylation is 2. The summed E-state index contributed by atoms with van der Waals surface area (Å²) < 4.78 is 7.44. The number of para-hydroxylation sites is 1. The summed E-state index contributed by atoms with van der Waals surface area (Å²) in [5.41, 5.74) is 3.76. The molecule has 0 fully saturated rings. The van der Waals surface area contributed by atoms with Crippen LogP contribution in [0.5, 0.6) is 5.75 Å². The topological polar surface area (TPSA) is 112 Å². The van der Waals surface area contributed by atoms with Crippen LogP contribution in [0, 0.1) is 13.8 Å². The lowest BCUT2D eigenvalue weighted by Crippen LogP contribution is -2.16. The number of fused-ring (bicyclic) bond motifs is 1. The van der Waals surface area contributed by atoms with E-state index >= 15 is 0 Å². The molecular weight excluding hydrogens is 424 g/mol. The van der Waals surface area contributed by atoms with Gasteiger partial charge in [0, 0.05) is 0 Å². The number of hydrogen-bond acceptors (Lipinski definition) is 7. The molecule has 3 N–H and O–H groups in total. The van der Waals surface area contributed by atoms with Crippen LogP contribution in [-0.2, 0) is 12.4 Å². The van der Waals surface area contributed by atoms with E-state index in [0.717, 1.165) is 22.4 Å². The first-order chi connectivity index (χ1) is 15.3. The third-order valence-electron chi connectivity index (χ3n) is 5.21. The van der Waals surface area contributed by atoms with E-state index in [1.807, 2.05) is 32.0 Å². The number of thioether (sulfide) groups is 1. The lowest BCUT2D eigenvalue weighted by atomic mass is 10.0. The number of benzene rings is 2. The van der Waals surface area contributed by atoms with E-state index in [1.54, 1.807) is 6.07 Å². The van der Waals surface area contributed by atoms with Crippen LogP contribution in [0.25, 0.3) is 10.9 Å². The molecule has 0 aliphatic heterocycles. The number of nitrogens with zero attached hydrogens (tertiary/aromatic N) is 4. The first-order valence-electron chi connectivity index (χ1n) is 10.4. The average Bonchev–Trinajstić information content (AvgIpc) is 3.11. The van der Waals surface area contributed by atoms with Gasteiger partial charge in [-0.1, -0.05) is 49.9 Å². The monoisotopic (exact) mass is 450 g/mol. The molecule has 0 radical (unpaired) electrons. The van der Waals surface area contributed by atoms with Gasteiger partial charge in [0.1, 0.15) is 18.2 Å². The van der Waals surface area contributed by atoms with E-state index in [-0.39, 0.29) is 12.2 Å². The zero-order valence-electron chi connectivity index (χ0n) is 18.5. The maximum atomic E-state index is 12.4. The van der Waals surface area contributed by atoms with Crippen molar-refractivity contribution in [2.45, 2.75) is 51.1 Å². The van der Waals surface area contributed by atoms with Gasteiger partial charge in [0.15, 0.2) is 5.82 Å². The molecular formula is C23H26N6O2S. The molecule has 2 heterocycles. The summed E-state index contributed by atoms with van der Waals surface area (Å²) in [7, 11) is 0. The van der Waals surface area contributed by atoms with Gasteiger partial charge in [0.2, 0.25) is 5.16 Å². The quantitative estimate of drug-likeness (QED) is 0.325. The highest BCUT2D eigenvalue weighted by molar-refractivity contribution is 7.98. The fourth-order valence-corrected chi connectivity index (χ4v) is 4.19. The van der Waals surface area contributed by atoms with Crippen molar-refractivity contribution in [1.82, 2.24) is 24.8 Å². The van der Waals surface area contributed by atoms with Crippen LogP contribution in [0.2, 0.25) is 0 Å². The van der Waals surface area contributed by atoms with Crippen molar-refractivity contribution in [2.24, 2.45) is 0 Å². The second-order valence-electron chi connectivity index (χ2n) is 8.03. The van der Waals surface area contributed by atoms with Crippen molar-refractivity contribution < 1.29 is 4.74 Å². The molecule has 32 heavy (non-hydrogen) atoms. The lowest BCUT2D eigenvalue weighted by molar-refractivity contribution is 0.287. The average molecular weight is 451 g/mol. The minimum absolute atomic E-state index is 0.156. The number of hydrogen-bond donors (Lipinski definition) is 2. The summed E-state index contributed by atoms with van der Waals surface area (Å²) in [5, 5.41) is 9.44. The number of aromatic amines is 1. The van der Waals surface area contributed by atoms with Crippen LogP contribution in [0.4, 0.5) is 0 Å². The number of rotatable bonds is 7. The molecule has 166 valence electrons. The van der Waals surface area contributed by atoms with Gasteiger partial charge in [-0.05, 0) is 48.6 Å². The highest BCUT2D eigenvalue weighted by Gasteiger charge is 2.14. The Morgan fingerprint density at radius 1 is 1.19 bits per heavy atom. The van der Waals surface area contributed by atoms with Gasteiger partial charge in [-0.15, -0.1) is 10.2 Å². The third kappa shape index (κ3) is 4.47. The van der Waals surface area contributed by atoms with Crippen LogP contribution in [0.3, 0.4) is 0 Å². The van der Waals surface area contributed by atoms with Gasteiger partial charge in [0.25, 0.3) is 5.56 Å². The molecule has 4 aromatic rings. The van der Waals surface area contributed by atoms with Crippen molar-refractivity contribution in [3.8, 4) is 5.75 Å². The minimum atomic E-state index is -0.156. The number of H-pyrrole nitrogens is 1. The molecule has 0 atom stereocenters. The summed E-state index contributed by atoms with van der Waals surface area (Å²) in [6, 6.07) is 11.7. The van der Waals surface area contributed by atoms with Crippen LogP contribution in [0.15, 0.2) is 46.3 Å². The smallest absolute Gasteiger partial charge is 0.258 e. The van der Waals surface area contributed by atoms with Gasteiger partial charge in [0.05, 0.1) is 16.7 Å². The molecule has 0 aliphatic rings. The number of nitrogen functional groups attached to an aromatic ring is 1. The van der Waals surface area contributed by atoms with Crippen molar-refractivity contribution in [3.05, 3.63) is 75.1 Å². The van der Waals surface area contributed by atoms with Crippen LogP contribution in [0.1, 0.15) is 48.1 Å². The Balaban J connectivity index is 1.47. The number of ether oxygens (including phenoxy) is 1. The SMILES string of the molecule is Cc1ccc(C(C)C)c(OCc2nnc(SCc3nc4c(C)cccc4c(=O)[nH]3)n2N)c1. The van der Waals surface area contributed by atoms with Crippen molar-refractivity contribution >= 4 is 22.7 Å². The van der Waals surface area contributed by atoms with Gasteiger partial charge >= 0.3 is 0 Å². The van der Waals surface area contributed by atoms with E-state index in [0.29, 0.717) is 39.4 Å². The summed E-state index contributed by atoms with van der Waals surface area (Å²) in [5.74, 6) is 8.85. The molecule has 0 spiro atoms. The maximum absolute atomic E-state index is 12.4. The molecule has 0 aliphatic carbocycles. The van der Waals surface area contributed by atoms with Crippen molar-refractivity contribution in [3.63, 3.8) is 0 Å². The third-order valence-corrected chi connectivity index (χ3v) is 6.16. The van der Waals surface area contributed by atoms with E-state index < -0.39 is 0 Å². The number of aromatic nitrogens is 5. The Morgan fingerprint density at radius 3 is 2.78 bits per heavy atom. The van der Waals surface area contributed by atoms with Crippen LogP contribution < -0.4 is 16.1 Å². The zero-order valence-corrected chi connectivity index (χ0v) is 19.4. The summed E-state index contributed by atoms with van der Waals surface area (Å²) in [4.78, 5) is 19.8. The summed E-state index contributed by atoms with van der Waals surface area (Å²) in [6.45, 7) is 8.43. The Labute approximate surface area is 190 Å². The standard InChI is InChI=1S/C23H26N6O2S/c1-13(2)16-9-8-14(3)10-18(16)31-11-20-27-28-23(29(20)24)32-12-19-25-21-15(4)6-5-7-17(21)22(30)26-19/h5-10,13H,11-12,24H2,1-4H3,(H,25,26,30). The molecule has 8 nitrogen and oxygen atoms in total. The van der Waals surface area contributed by atoms with Gasteiger partial charge in [-0.25, -0.2) is 9.66 Å². The van der Waals surface area contributed by atoms with E-state index in [9.17, 15) is 4.79 Å². The van der Waals surface area contributed by atoms with Crippen LogP contribution >= 0.6 is 11.8 Å². The molecule has 4 rings (SSSR count).